The second-order valence-electron chi connectivity index (χ2n) is 7.20. The van der Waals surface area contributed by atoms with Crippen LogP contribution in [0.1, 0.15) is 44.6 Å². The SMILES string of the molecule is Cc1ccc(S(=O)(=O)N2CC(C)(O)C3(CCCCC3)C2)cc1. The predicted molar refractivity (Wildman–Crippen MR) is 86.1 cm³/mol. The van der Waals surface area contributed by atoms with E-state index in [0.29, 0.717) is 11.4 Å². The molecular formula is C17H25NO3S. The van der Waals surface area contributed by atoms with Gasteiger partial charge in [-0.25, -0.2) is 8.42 Å². The molecule has 2 aliphatic rings. The third kappa shape index (κ3) is 2.49. The van der Waals surface area contributed by atoms with Crippen LogP contribution in [0, 0.1) is 12.3 Å². The molecule has 1 saturated carbocycles. The lowest BCUT2D eigenvalue weighted by Gasteiger charge is -2.42. The van der Waals surface area contributed by atoms with Crippen LogP contribution in [0.4, 0.5) is 0 Å². The Hall–Kier alpha value is -0.910. The van der Waals surface area contributed by atoms with Gasteiger partial charge in [0.1, 0.15) is 0 Å². The molecule has 2 fully saturated rings. The quantitative estimate of drug-likeness (QED) is 0.910. The van der Waals surface area contributed by atoms with Crippen LogP contribution < -0.4 is 0 Å². The Kier molecular flexibility index (Phi) is 3.86. The molecule has 0 aromatic heterocycles. The van der Waals surface area contributed by atoms with E-state index in [1.165, 1.54) is 10.7 Å². The molecule has 1 unspecified atom stereocenters. The molecule has 1 atom stereocenters. The van der Waals surface area contributed by atoms with Crippen molar-refractivity contribution in [3.05, 3.63) is 29.8 Å². The van der Waals surface area contributed by atoms with Gasteiger partial charge in [-0.05, 0) is 38.8 Å². The number of aliphatic hydroxyl groups is 1. The number of benzene rings is 1. The van der Waals surface area contributed by atoms with Gasteiger partial charge < -0.3 is 5.11 Å². The molecule has 0 bridgehead atoms. The first kappa shape index (κ1) is 16.0. The predicted octanol–water partition coefficient (Wildman–Crippen LogP) is 2.70. The summed E-state index contributed by atoms with van der Waals surface area (Å²) in [6.45, 7) is 4.39. The molecule has 1 saturated heterocycles. The standard InChI is InChI=1S/C17H25NO3S/c1-14-6-8-15(9-7-14)22(20,21)18-12-16(2,19)17(13-18)10-4-3-5-11-17/h6-9,19H,3-5,10-13H2,1-2H3. The van der Waals surface area contributed by atoms with Crippen molar-refractivity contribution >= 4 is 10.0 Å². The van der Waals surface area contributed by atoms with Crippen LogP contribution in [-0.2, 0) is 10.0 Å². The Labute approximate surface area is 133 Å². The average Bonchev–Trinajstić information content (AvgIpc) is 2.72. The van der Waals surface area contributed by atoms with E-state index in [9.17, 15) is 13.5 Å². The second kappa shape index (κ2) is 5.32. The highest BCUT2D eigenvalue weighted by molar-refractivity contribution is 7.89. The first-order chi connectivity index (χ1) is 10.3. The highest BCUT2D eigenvalue weighted by atomic mass is 32.2. The van der Waals surface area contributed by atoms with E-state index in [2.05, 4.69) is 0 Å². The Bertz CT molecular complexity index is 643. The fourth-order valence-electron chi connectivity index (χ4n) is 4.03. The Balaban J connectivity index is 1.91. The Morgan fingerprint density at radius 2 is 1.64 bits per heavy atom. The van der Waals surface area contributed by atoms with E-state index in [1.54, 1.807) is 12.1 Å². The minimum absolute atomic E-state index is 0.198. The van der Waals surface area contributed by atoms with Crippen LogP contribution >= 0.6 is 0 Å². The number of sulfonamides is 1. The molecule has 122 valence electrons. The lowest BCUT2D eigenvalue weighted by Crippen LogP contribution is -2.46. The first-order valence-electron chi connectivity index (χ1n) is 8.06. The van der Waals surface area contributed by atoms with Gasteiger partial charge in [0.25, 0.3) is 0 Å². The molecule has 1 aliphatic carbocycles. The molecular weight excluding hydrogens is 298 g/mol. The maximum Gasteiger partial charge on any atom is 0.243 e. The lowest BCUT2D eigenvalue weighted by molar-refractivity contribution is -0.0503. The minimum Gasteiger partial charge on any atom is -0.388 e. The number of aryl methyl sites for hydroxylation is 1. The largest absolute Gasteiger partial charge is 0.388 e. The molecule has 3 rings (SSSR count). The van der Waals surface area contributed by atoms with E-state index in [1.807, 2.05) is 26.0 Å². The molecule has 0 radical (unpaired) electrons. The second-order valence-corrected chi connectivity index (χ2v) is 9.14. The van der Waals surface area contributed by atoms with Crippen molar-refractivity contribution in [2.75, 3.05) is 13.1 Å². The summed E-state index contributed by atoms with van der Waals surface area (Å²) in [5.74, 6) is 0. The number of nitrogens with zero attached hydrogens (tertiary/aromatic N) is 1. The van der Waals surface area contributed by atoms with Crippen LogP contribution in [0.25, 0.3) is 0 Å². The zero-order valence-corrected chi connectivity index (χ0v) is 14.2. The fourth-order valence-corrected chi connectivity index (χ4v) is 5.65. The van der Waals surface area contributed by atoms with Gasteiger partial charge >= 0.3 is 0 Å². The summed E-state index contributed by atoms with van der Waals surface area (Å²) in [5, 5.41) is 10.9. The zero-order valence-electron chi connectivity index (χ0n) is 13.4. The van der Waals surface area contributed by atoms with E-state index in [0.717, 1.165) is 31.2 Å². The van der Waals surface area contributed by atoms with Crippen LogP contribution in [0.2, 0.25) is 0 Å². The monoisotopic (exact) mass is 323 g/mol. The summed E-state index contributed by atoms with van der Waals surface area (Å²) in [4.78, 5) is 0.321. The first-order valence-corrected chi connectivity index (χ1v) is 9.50. The highest BCUT2D eigenvalue weighted by Crippen LogP contribution is 2.50. The summed E-state index contributed by atoms with van der Waals surface area (Å²) >= 11 is 0. The van der Waals surface area contributed by atoms with Crippen molar-refractivity contribution in [2.24, 2.45) is 5.41 Å². The van der Waals surface area contributed by atoms with Crippen molar-refractivity contribution in [3.63, 3.8) is 0 Å². The molecule has 1 heterocycles. The molecule has 5 heteroatoms. The summed E-state index contributed by atoms with van der Waals surface area (Å²) in [5.41, 5.74) is -0.176. The van der Waals surface area contributed by atoms with Gasteiger partial charge in [0.15, 0.2) is 0 Å². The normalized spacial score (nSPS) is 29.0. The van der Waals surface area contributed by atoms with Crippen LogP contribution in [0.15, 0.2) is 29.2 Å². The smallest absolute Gasteiger partial charge is 0.243 e. The molecule has 1 aromatic carbocycles. The number of rotatable bonds is 2. The van der Waals surface area contributed by atoms with Gasteiger partial charge in [0.05, 0.1) is 10.5 Å². The fraction of sp³-hybridized carbons (Fsp3) is 0.647. The molecule has 22 heavy (non-hydrogen) atoms. The maximum absolute atomic E-state index is 12.9. The van der Waals surface area contributed by atoms with Gasteiger partial charge in [-0.3, -0.25) is 0 Å². The number of hydrogen-bond donors (Lipinski definition) is 1. The van der Waals surface area contributed by atoms with E-state index < -0.39 is 15.6 Å². The van der Waals surface area contributed by atoms with Crippen LogP contribution in [-0.4, -0.2) is 36.5 Å². The summed E-state index contributed by atoms with van der Waals surface area (Å²) < 4.78 is 27.2. The minimum atomic E-state index is -3.53. The third-order valence-electron chi connectivity index (χ3n) is 5.58. The Morgan fingerprint density at radius 1 is 1.05 bits per heavy atom. The van der Waals surface area contributed by atoms with Crippen molar-refractivity contribution in [3.8, 4) is 0 Å². The molecule has 0 amide bonds. The third-order valence-corrected chi connectivity index (χ3v) is 7.38. The molecule has 1 aromatic rings. The lowest BCUT2D eigenvalue weighted by atomic mass is 9.66. The van der Waals surface area contributed by atoms with Crippen LogP contribution in [0.3, 0.4) is 0 Å². The van der Waals surface area contributed by atoms with Crippen LogP contribution in [0.5, 0.6) is 0 Å². The molecule has 1 N–H and O–H groups in total. The van der Waals surface area contributed by atoms with E-state index in [-0.39, 0.29) is 12.0 Å². The van der Waals surface area contributed by atoms with Crippen molar-refractivity contribution in [1.29, 1.82) is 0 Å². The topological polar surface area (TPSA) is 57.6 Å². The van der Waals surface area contributed by atoms with Gasteiger partial charge in [0, 0.05) is 18.5 Å². The number of β-amino-alcohol motifs (C(OH)–C–C–N with tert-alkyl or cyclic N) is 1. The molecule has 4 nitrogen and oxygen atoms in total. The summed E-state index contributed by atoms with van der Waals surface area (Å²) in [6.07, 6.45) is 5.17. The molecule has 1 aliphatic heterocycles. The van der Waals surface area contributed by atoms with Gasteiger partial charge in [-0.1, -0.05) is 37.0 Å². The average molecular weight is 323 g/mol. The summed E-state index contributed by atoms with van der Waals surface area (Å²) in [7, 11) is -3.53. The van der Waals surface area contributed by atoms with Gasteiger partial charge in [0.2, 0.25) is 10.0 Å². The van der Waals surface area contributed by atoms with Gasteiger partial charge in [-0.2, -0.15) is 4.31 Å². The van der Waals surface area contributed by atoms with Crippen molar-refractivity contribution < 1.29 is 13.5 Å². The maximum atomic E-state index is 12.9. The molecule has 1 spiro atoms. The van der Waals surface area contributed by atoms with E-state index >= 15 is 0 Å². The summed E-state index contributed by atoms with van der Waals surface area (Å²) in [6, 6.07) is 6.95. The zero-order chi connectivity index (χ0) is 16.0. The number of hydrogen-bond acceptors (Lipinski definition) is 3. The van der Waals surface area contributed by atoms with Gasteiger partial charge in [-0.15, -0.1) is 0 Å². The van der Waals surface area contributed by atoms with Crippen molar-refractivity contribution in [2.45, 2.75) is 56.4 Å². The Morgan fingerprint density at radius 3 is 2.23 bits per heavy atom. The highest BCUT2D eigenvalue weighted by Gasteiger charge is 2.56. The van der Waals surface area contributed by atoms with Crippen molar-refractivity contribution in [1.82, 2.24) is 4.31 Å². The van der Waals surface area contributed by atoms with E-state index in [4.69, 9.17) is 0 Å².